The van der Waals surface area contributed by atoms with Crippen LogP contribution >= 0.6 is 23.2 Å². The Balaban J connectivity index is 1.86. The van der Waals surface area contributed by atoms with Gasteiger partial charge in [0.15, 0.2) is 0 Å². The minimum absolute atomic E-state index is 0.172. The first-order valence-corrected chi connectivity index (χ1v) is 9.89. The van der Waals surface area contributed by atoms with Gasteiger partial charge in [-0.05, 0) is 55.0 Å². The predicted octanol–water partition coefficient (Wildman–Crippen LogP) is 6.07. The normalized spacial score (nSPS) is 10.8. The standard InChI is InChI=1S/C24H16Cl2N2O3/c1-15-5-4-7-20(26)22(15)28-23(29)18(14-27)13-17-6-2-3-8-21(17)31-24(30)16-9-11-19(25)12-10-16/h2-13H,1H3,(H,28,29)/b18-13+. The Morgan fingerprint density at radius 3 is 2.39 bits per heavy atom. The predicted molar refractivity (Wildman–Crippen MR) is 121 cm³/mol. The summed E-state index contributed by atoms with van der Waals surface area (Å²) in [5, 5.41) is 13.0. The van der Waals surface area contributed by atoms with Gasteiger partial charge in [-0.15, -0.1) is 0 Å². The van der Waals surface area contributed by atoms with Gasteiger partial charge in [0, 0.05) is 10.6 Å². The molecule has 0 aliphatic rings. The number of hydrogen-bond acceptors (Lipinski definition) is 4. The minimum Gasteiger partial charge on any atom is -0.422 e. The van der Waals surface area contributed by atoms with Gasteiger partial charge in [-0.1, -0.05) is 53.5 Å². The van der Waals surface area contributed by atoms with Crippen molar-refractivity contribution in [3.63, 3.8) is 0 Å². The number of nitrogens with one attached hydrogen (secondary N) is 1. The fraction of sp³-hybridized carbons (Fsp3) is 0.0417. The lowest BCUT2D eigenvalue weighted by Gasteiger charge is -2.10. The van der Waals surface area contributed by atoms with Crippen molar-refractivity contribution >= 4 is 46.8 Å². The van der Waals surface area contributed by atoms with Gasteiger partial charge in [-0.2, -0.15) is 5.26 Å². The van der Waals surface area contributed by atoms with Crippen LogP contribution in [0.5, 0.6) is 5.75 Å². The molecule has 0 unspecified atom stereocenters. The number of aryl methyl sites for hydroxylation is 1. The third-order valence-corrected chi connectivity index (χ3v) is 4.89. The maximum Gasteiger partial charge on any atom is 0.343 e. The molecule has 154 valence electrons. The van der Waals surface area contributed by atoms with Crippen molar-refractivity contribution in [3.8, 4) is 11.8 Å². The van der Waals surface area contributed by atoms with E-state index in [1.54, 1.807) is 73.7 Å². The van der Waals surface area contributed by atoms with Crippen LogP contribution in [0.3, 0.4) is 0 Å². The molecule has 0 aliphatic heterocycles. The number of carbonyl (C=O) groups excluding carboxylic acids is 2. The summed E-state index contributed by atoms with van der Waals surface area (Å²) >= 11 is 12.0. The minimum atomic E-state index is -0.627. The van der Waals surface area contributed by atoms with Crippen molar-refractivity contribution < 1.29 is 14.3 Å². The summed E-state index contributed by atoms with van der Waals surface area (Å²) in [6.45, 7) is 1.79. The molecule has 0 atom stereocenters. The zero-order chi connectivity index (χ0) is 22.4. The molecule has 0 fully saturated rings. The largest absolute Gasteiger partial charge is 0.422 e. The van der Waals surface area contributed by atoms with Crippen LogP contribution in [-0.2, 0) is 4.79 Å². The number of carbonyl (C=O) groups is 2. The number of anilines is 1. The summed E-state index contributed by atoms with van der Waals surface area (Å²) < 4.78 is 5.46. The van der Waals surface area contributed by atoms with Gasteiger partial charge in [-0.25, -0.2) is 4.79 Å². The first-order valence-electron chi connectivity index (χ1n) is 9.14. The van der Waals surface area contributed by atoms with Crippen molar-refractivity contribution in [3.05, 3.63) is 99.0 Å². The van der Waals surface area contributed by atoms with Crippen LogP contribution in [0.15, 0.2) is 72.3 Å². The Bertz CT molecular complexity index is 1190. The number of benzene rings is 3. The molecule has 0 radical (unpaired) electrons. The fourth-order valence-corrected chi connectivity index (χ4v) is 3.11. The second-order valence-electron chi connectivity index (χ2n) is 6.49. The van der Waals surface area contributed by atoms with Crippen LogP contribution in [0.25, 0.3) is 6.08 Å². The molecule has 1 N–H and O–H groups in total. The third-order valence-electron chi connectivity index (χ3n) is 4.33. The lowest BCUT2D eigenvalue weighted by molar-refractivity contribution is -0.112. The molecule has 0 saturated carbocycles. The molecule has 0 bridgehead atoms. The number of halogens is 2. The van der Waals surface area contributed by atoms with Gasteiger partial charge in [0.25, 0.3) is 5.91 Å². The van der Waals surface area contributed by atoms with Gasteiger partial charge in [-0.3, -0.25) is 4.79 Å². The van der Waals surface area contributed by atoms with Crippen LogP contribution in [0, 0.1) is 18.3 Å². The molecule has 7 heteroatoms. The topological polar surface area (TPSA) is 79.2 Å². The summed E-state index contributed by atoms with van der Waals surface area (Å²) in [6.07, 6.45) is 1.35. The number of esters is 1. The molecule has 0 aromatic heterocycles. The number of nitrogens with zero attached hydrogens (tertiary/aromatic N) is 1. The highest BCUT2D eigenvalue weighted by Crippen LogP contribution is 2.27. The van der Waals surface area contributed by atoms with E-state index in [9.17, 15) is 14.9 Å². The van der Waals surface area contributed by atoms with Crippen molar-refractivity contribution in [2.75, 3.05) is 5.32 Å². The van der Waals surface area contributed by atoms with E-state index in [-0.39, 0.29) is 11.3 Å². The molecule has 1 amide bonds. The molecule has 0 heterocycles. The van der Waals surface area contributed by atoms with Crippen LogP contribution in [-0.4, -0.2) is 11.9 Å². The van der Waals surface area contributed by atoms with E-state index in [1.165, 1.54) is 6.08 Å². The Labute approximate surface area is 189 Å². The summed E-state index contributed by atoms with van der Waals surface area (Å²) in [6, 6.07) is 19.9. The quantitative estimate of drug-likeness (QED) is 0.221. The molecule has 0 spiro atoms. The first kappa shape index (κ1) is 22.1. The van der Waals surface area contributed by atoms with Crippen LogP contribution in [0.2, 0.25) is 10.0 Å². The van der Waals surface area contributed by atoms with E-state index >= 15 is 0 Å². The highest BCUT2D eigenvalue weighted by atomic mass is 35.5. The molecule has 0 aliphatic carbocycles. The molecule has 3 rings (SSSR count). The SMILES string of the molecule is Cc1cccc(Cl)c1NC(=O)/C(C#N)=C/c1ccccc1OC(=O)c1ccc(Cl)cc1. The Hall–Kier alpha value is -3.59. The molecule has 3 aromatic carbocycles. The smallest absolute Gasteiger partial charge is 0.343 e. The maximum atomic E-state index is 12.7. The zero-order valence-electron chi connectivity index (χ0n) is 16.4. The van der Waals surface area contributed by atoms with Crippen molar-refractivity contribution in [1.29, 1.82) is 5.26 Å². The highest BCUT2D eigenvalue weighted by molar-refractivity contribution is 6.34. The van der Waals surface area contributed by atoms with Gasteiger partial charge < -0.3 is 10.1 Å². The lowest BCUT2D eigenvalue weighted by Crippen LogP contribution is -2.15. The van der Waals surface area contributed by atoms with Crippen molar-refractivity contribution in [2.24, 2.45) is 0 Å². The average Bonchev–Trinajstić information content (AvgIpc) is 2.76. The third kappa shape index (κ3) is 5.52. The van der Waals surface area contributed by atoms with Gasteiger partial charge in [0.1, 0.15) is 17.4 Å². The van der Waals surface area contributed by atoms with Crippen LogP contribution < -0.4 is 10.1 Å². The van der Waals surface area contributed by atoms with Crippen molar-refractivity contribution in [2.45, 2.75) is 6.92 Å². The summed E-state index contributed by atoms with van der Waals surface area (Å²) in [4.78, 5) is 25.1. The number of para-hydroxylation sites is 2. The average molecular weight is 451 g/mol. The zero-order valence-corrected chi connectivity index (χ0v) is 17.9. The Morgan fingerprint density at radius 1 is 1.00 bits per heavy atom. The van der Waals surface area contributed by atoms with Crippen LogP contribution in [0.4, 0.5) is 5.69 Å². The van der Waals surface area contributed by atoms with Gasteiger partial charge in [0.2, 0.25) is 0 Å². The van der Waals surface area contributed by atoms with Gasteiger partial charge >= 0.3 is 5.97 Å². The lowest BCUT2D eigenvalue weighted by atomic mass is 10.1. The van der Waals surface area contributed by atoms with E-state index in [0.717, 1.165) is 5.56 Å². The Morgan fingerprint density at radius 2 is 1.71 bits per heavy atom. The van der Waals surface area contributed by atoms with Gasteiger partial charge in [0.05, 0.1) is 16.3 Å². The van der Waals surface area contributed by atoms with E-state index in [1.807, 2.05) is 6.07 Å². The summed E-state index contributed by atoms with van der Waals surface area (Å²) in [5.41, 5.74) is 1.73. The summed E-state index contributed by atoms with van der Waals surface area (Å²) in [7, 11) is 0. The first-order chi connectivity index (χ1) is 14.9. The van der Waals surface area contributed by atoms with E-state index in [0.29, 0.717) is 26.9 Å². The fourth-order valence-electron chi connectivity index (χ4n) is 2.71. The van der Waals surface area contributed by atoms with E-state index in [2.05, 4.69) is 5.32 Å². The number of ether oxygens (including phenoxy) is 1. The van der Waals surface area contributed by atoms with Crippen LogP contribution in [0.1, 0.15) is 21.5 Å². The molecule has 5 nitrogen and oxygen atoms in total. The molecule has 31 heavy (non-hydrogen) atoms. The number of amides is 1. The monoisotopic (exact) mass is 450 g/mol. The molecular formula is C24H16Cl2N2O3. The molecule has 0 saturated heterocycles. The Kier molecular flexibility index (Phi) is 7.09. The number of nitriles is 1. The second-order valence-corrected chi connectivity index (χ2v) is 7.33. The molecular weight excluding hydrogens is 435 g/mol. The highest BCUT2D eigenvalue weighted by Gasteiger charge is 2.15. The summed E-state index contributed by atoms with van der Waals surface area (Å²) in [5.74, 6) is -1.01. The molecule has 3 aromatic rings. The number of hydrogen-bond donors (Lipinski definition) is 1. The number of rotatable bonds is 5. The van der Waals surface area contributed by atoms with E-state index in [4.69, 9.17) is 27.9 Å². The maximum absolute atomic E-state index is 12.7. The second kappa shape index (κ2) is 9.94. The van der Waals surface area contributed by atoms with Crippen molar-refractivity contribution in [1.82, 2.24) is 0 Å². The van der Waals surface area contributed by atoms with E-state index < -0.39 is 11.9 Å².